The van der Waals surface area contributed by atoms with Crippen LogP contribution in [0.15, 0.2) is 6.07 Å². The van der Waals surface area contributed by atoms with Gasteiger partial charge in [0, 0.05) is 0 Å². The summed E-state index contributed by atoms with van der Waals surface area (Å²) < 4.78 is 0. The molecule has 0 spiro atoms. The van der Waals surface area contributed by atoms with E-state index in [1.807, 2.05) is 0 Å². The van der Waals surface area contributed by atoms with Gasteiger partial charge in [0.15, 0.2) is 0 Å². The molecule has 0 saturated heterocycles. The summed E-state index contributed by atoms with van der Waals surface area (Å²) in [6.07, 6.45) is 3.78. The summed E-state index contributed by atoms with van der Waals surface area (Å²) in [6.45, 7) is 3.57. The minimum Gasteiger partial charge on any atom is -0.394 e. The largest absolute Gasteiger partial charge is 0.394 e. The molecule has 1 saturated carbocycles. The quantitative estimate of drug-likeness (QED) is 0.842. The number of aliphatic hydroxyl groups excluding tert-OH is 1. The zero-order valence-corrected chi connectivity index (χ0v) is 10.9. The number of carbonyl (C=O) groups excluding carboxylic acids is 1. The lowest BCUT2D eigenvalue weighted by Gasteiger charge is -2.28. The van der Waals surface area contributed by atoms with Crippen LogP contribution in [-0.4, -0.2) is 33.4 Å². The molecule has 1 aromatic heterocycles. The topological polar surface area (TPSA) is 75.1 Å². The Morgan fingerprint density at radius 1 is 1.39 bits per heavy atom. The van der Waals surface area contributed by atoms with Crippen LogP contribution in [0.5, 0.6) is 0 Å². The van der Waals surface area contributed by atoms with E-state index < -0.39 is 5.54 Å². The highest BCUT2D eigenvalue weighted by atomic mass is 16.3. The van der Waals surface area contributed by atoms with E-state index in [0.717, 1.165) is 31.4 Å². The third-order valence-corrected chi connectivity index (χ3v) is 3.59. The molecule has 0 aliphatic heterocycles. The van der Waals surface area contributed by atoms with Crippen LogP contribution < -0.4 is 5.32 Å². The van der Waals surface area contributed by atoms with Gasteiger partial charge in [-0.05, 0) is 32.8 Å². The molecule has 2 rings (SSSR count). The van der Waals surface area contributed by atoms with E-state index in [1.54, 1.807) is 19.9 Å². The molecule has 0 atom stereocenters. The average molecular weight is 249 g/mol. The van der Waals surface area contributed by atoms with E-state index in [2.05, 4.69) is 15.5 Å². The van der Waals surface area contributed by atoms with Gasteiger partial charge in [-0.2, -0.15) is 10.2 Å². The average Bonchev–Trinajstić information content (AvgIpc) is 2.81. The number of aryl methyl sites for hydroxylation is 2. The maximum atomic E-state index is 12.2. The number of aromatic nitrogens is 2. The Morgan fingerprint density at radius 3 is 2.67 bits per heavy atom. The molecule has 1 amide bonds. The van der Waals surface area contributed by atoms with E-state index in [0.29, 0.717) is 11.3 Å². The number of rotatable bonds is 3. The normalized spacial score (nSPS) is 17.7. The smallest absolute Gasteiger partial charge is 0.253 e. The first kappa shape index (κ1) is 13.0. The second kappa shape index (κ2) is 5.02. The van der Waals surface area contributed by atoms with Crippen molar-refractivity contribution in [1.82, 2.24) is 15.5 Å². The fourth-order valence-electron chi connectivity index (χ4n) is 2.46. The van der Waals surface area contributed by atoms with Crippen LogP contribution in [0.1, 0.15) is 47.4 Å². The number of nitrogens with zero attached hydrogens (tertiary/aromatic N) is 2. The van der Waals surface area contributed by atoms with Crippen LogP contribution in [0.3, 0.4) is 0 Å². The number of nitrogens with one attached hydrogen (secondary N) is 1. The van der Waals surface area contributed by atoms with Gasteiger partial charge in [-0.15, -0.1) is 0 Å². The molecule has 1 heterocycles. The van der Waals surface area contributed by atoms with Crippen LogP contribution in [0.2, 0.25) is 0 Å². The zero-order chi connectivity index (χ0) is 13.2. The van der Waals surface area contributed by atoms with Gasteiger partial charge < -0.3 is 10.4 Å². The van der Waals surface area contributed by atoms with Gasteiger partial charge in [0.25, 0.3) is 5.91 Å². The lowest BCUT2D eigenvalue weighted by atomic mass is 9.98. The lowest BCUT2D eigenvalue weighted by molar-refractivity contribution is 0.0837. The monoisotopic (exact) mass is 249 g/mol. The van der Waals surface area contributed by atoms with Crippen LogP contribution in [0, 0.1) is 13.8 Å². The molecule has 0 aromatic carbocycles. The summed E-state index contributed by atoms with van der Waals surface area (Å²) in [5.74, 6) is -0.165. The molecular formula is C13H19N3O2. The summed E-state index contributed by atoms with van der Waals surface area (Å²) in [5, 5.41) is 20.3. The van der Waals surface area contributed by atoms with Crippen molar-refractivity contribution in [3.05, 3.63) is 23.0 Å². The van der Waals surface area contributed by atoms with Gasteiger partial charge in [0.1, 0.15) is 0 Å². The number of carbonyl (C=O) groups is 1. The Kier molecular flexibility index (Phi) is 3.61. The van der Waals surface area contributed by atoms with Gasteiger partial charge in [0.2, 0.25) is 0 Å². The number of hydrogen-bond acceptors (Lipinski definition) is 4. The van der Waals surface area contributed by atoms with Gasteiger partial charge in [-0.25, -0.2) is 0 Å². The third-order valence-electron chi connectivity index (χ3n) is 3.59. The molecule has 5 nitrogen and oxygen atoms in total. The minimum absolute atomic E-state index is 0.00468. The summed E-state index contributed by atoms with van der Waals surface area (Å²) >= 11 is 0. The maximum absolute atomic E-state index is 12.2. The summed E-state index contributed by atoms with van der Waals surface area (Å²) in [7, 11) is 0. The second-order valence-electron chi connectivity index (χ2n) is 5.08. The molecule has 1 aliphatic rings. The predicted octanol–water partition coefficient (Wildman–Crippen LogP) is 1.13. The van der Waals surface area contributed by atoms with Crippen molar-refractivity contribution < 1.29 is 9.90 Å². The zero-order valence-electron chi connectivity index (χ0n) is 10.9. The van der Waals surface area contributed by atoms with E-state index in [1.165, 1.54) is 0 Å². The molecule has 98 valence electrons. The molecule has 0 radical (unpaired) electrons. The predicted molar refractivity (Wildman–Crippen MR) is 67.3 cm³/mol. The number of amides is 1. The minimum atomic E-state index is -0.444. The SMILES string of the molecule is Cc1cc(C(=O)NC2(CO)CCCC2)c(C)nn1. The van der Waals surface area contributed by atoms with Gasteiger partial charge in [0.05, 0.1) is 29.1 Å². The van der Waals surface area contributed by atoms with Crippen molar-refractivity contribution in [2.75, 3.05) is 6.61 Å². The van der Waals surface area contributed by atoms with E-state index in [9.17, 15) is 9.90 Å². The summed E-state index contributed by atoms with van der Waals surface area (Å²) in [6, 6.07) is 1.73. The number of hydrogen-bond donors (Lipinski definition) is 2. The van der Waals surface area contributed by atoms with Gasteiger partial charge in [-0.3, -0.25) is 4.79 Å². The Bertz CT molecular complexity index is 454. The molecule has 0 bridgehead atoms. The van der Waals surface area contributed by atoms with Crippen LogP contribution >= 0.6 is 0 Å². The van der Waals surface area contributed by atoms with Crippen molar-refractivity contribution in [2.24, 2.45) is 0 Å². The first-order valence-electron chi connectivity index (χ1n) is 6.31. The van der Waals surface area contributed by atoms with Gasteiger partial charge >= 0.3 is 0 Å². The van der Waals surface area contributed by atoms with E-state index >= 15 is 0 Å². The van der Waals surface area contributed by atoms with Gasteiger partial charge in [-0.1, -0.05) is 12.8 Å². The third kappa shape index (κ3) is 2.51. The van der Waals surface area contributed by atoms with Crippen molar-refractivity contribution >= 4 is 5.91 Å². The molecule has 1 aromatic rings. The Morgan fingerprint density at radius 2 is 2.06 bits per heavy atom. The van der Waals surface area contributed by atoms with Crippen LogP contribution in [0.4, 0.5) is 0 Å². The van der Waals surface area contributed by atoms with E-state index in [-0.39, 0.29) is 12.5 Å². The van der Waals surface area contributed by atoms with Crippen LogP contribution in [-0.2, 0) is 0 Å². The highest BCUT2D eigenvalue weighted by Crippen LogP contribution is 2.29. The fourth-order valence-corrected chi connectivity index (χ4v) is 2.46. The molecule has 2 N–H and O–H groups in total. The summed E-state index contributed by atoms with van der Waals surface area (Å²) in [5.41, 5.74) is 1.43. The standard InChI is InChI=1S/C13H19N3O2/c1-9-7-11(10(2)16-15-9)12(18)14-13(8-17)5-3-4-6-13/h7,17H,3-6,8H2,1-2H3,(H,14,18). The van der Waals surface area contributed by atoms with Crippen molar-refractivity contribution in [3.63, 3.8) is 0 Å². The number of aliphatic hydroxyl groups is 1. The highest BCUT2D eigenvalue weighted by molar-refractivity contribution is 5.95. The van der Waals surface area contributed by atoms with Crippen molar-refractivity contribution in [3.8, 4) is 0 Å². The Balaban J connectivity index is 2.18. The summed E-state index contributed by atoms with van der Waals surface area (Å²) in [4.78, 5) is 12.2. The Labute approximate surface area is 107 Å². The van der Waals surface area contributed by atoms with E-state index in [4.69, 9.17) is 0 Å². The maximum Gasteiger partial charge on any atom is 0.253 e. The molecule has 5 heteroatoms. The molecule has 0 unspecified atom stereocenters. The first-order valence-corrected chi connectivity index (χ1v) is 6.31. The fraction of sp³-hybridized carbons (Fsp3) is 0.615. The van der Waals surface area contributed by atoms with Crippen molar-refractivity contribution in [1.29, 1.82) is 0 Å². The van der Waals surface area contributed by atoms with Crippen molar-refractivity contribution in [2.45, 2.75) is 45.1 Å². The Hall–Kier alpha value is -1.49. The molecule has 18 heavy (non-hydrogen) atoms. The second-order valence-corrected chi connectivity index (χ2v) is 5.08. The molecule has 1 fully saturated rings. The molecular weight excluding hydrogens is 230 g/mol. The molecule has 1 aliphatic carbocycles. The van der Waals surface area contributed by atoms with Crippen LogP contribution in [0.25, 0.3) is 0 Å². The lowest BCUT2D eigenvalue weighted by Crippen LogP contribution is -2.49. The highest BCUT2D eigenvalue weighted by Gasteiger charge is 2.35. The first-order chi connectivity index (χ1) is 8.56.